The lowest BCUT2D eigenvalue weighted by Crippen LogP contribution is -2.54. The normalized spacial score (nSPS) is 53.7. The van der Waals surface area contributed by atoms with Crippen molar-refractivity contribution in [2.45, 2.75) is 90.8 Å². The molecule has 0 aliphatic heterocycles. The SMILES string of the molecule is CC(=O)OC1CCC2(C)C(CCC3C4CCC(O)C4(C)CCC32)C1. The van der Waals surface area contributed by atoms with E-state index in [0.29, 0.717) is 11.3 Å². The van der Waals surface area contributed by atoms with Crippen molar-refractivity contribution in [2.24, 2.45) is 34.5 Å². The van der Waals surface area contributed by atoms with E-state index in [0.717, 1.165) is 37.0 Å². The number of carbonyl (C=O) groups is 1. The number of fused-ring (bicyclic) bond motifs is 5. The third-order valence-corrected chi connectivity index (χ3v) is 8.90. The Morgan fingerprint density at radius 3 is 2.42 bits per heavy atom. The molecule has 8 atom stereocenters. The highest BCUT2D eigenvalue weighted by atomic mass is 16.5. The lowest BCUT2D eigenvalue weighted by molar-refractivity contribution is -0.161. The van der Waals surface area contributed by atoms with Gasteiger partial charge in [-0.25, -0.2) is 0 Å². The van der Waals surface area contributed by atoms with E-state index in [1.54, 1.807) is 0 Å². The summed E-state index contributed by atoms with van der Waals surface area (Å²) < 4.78 is 5.55. The van der Waals surface area contributed by atoms with Crippen LogP contribution in [-0.2, 0) is 9.53 Å². The van der Waals surface area contributed by atoms with Gasteiger partial charge in [0.2, 0.25) is 0 Å². The van der Waals surface area contributed by atoms with Crippen molar-refractivity contribution in [3.8, 4) is 0 Å². The summed E-state index contributed by atoms with van der Waals surface area (Å²) in [6, 6.07) is 0. The maximum atomic E-state index is 11.3. The molecule has 4 aliphatic rings. The van der Waals surface area contributed by atoms with Gasteiger partial charge in [-0.3, -0.25) is 4.79 Å². The minimum atomic E-state index is -0.120. The largest absolute Gasteiger partial charge is 0.463 e. The topological polar surface area (TPSA) is 46.5 Å². The number of aliphatic hydroxyl groups excluding tert-OH is 1. The smallest absolute Gasteiger partial charge is 0.302 e. The Bertz CT molecular complexity index is 517. The highest BCUT2D eigenvalue weighted by Gasteiger charge is 2.60. The number of hydrogen-bond donors (Lipinski definition) is 1. The second-order valence-corrected chi connectivity index (χ2v) is 9.80. The van der Waals surface area contributed by atoms with E-state index in [4.69, 9.17) is 4.74 Å². The third-order valence-electron chi connectivity index (χ3n) is 8.90. The predicted molar refractivity (Wildman–Crippen MR) is 93.3 cm³/mol. The minimum Gasteiger partial charge on any atom is -0.463 e. The van der Waals surface area contributed by atoms with Gasteiger partial charge in [0.25, 0.3) is 0 Å². The van der Waals surface area contributed by atoms with Gasteiger partial charge in [0, 0.05) is 6.92 Å². The van der Waals surface area contributed by atoms with Crippen LogP contribution in [0.4, 0.5) is 0 Å². The van der Waals surface area contributed by atoms with E-state index < -0.39 is 0 Å². The van der Waals surface area contributed by atoms with Gasteiger partial charge in [-0.1, -0.05) is 13.8 Å². The second kappa shape index (κ2) is 5.72. The molecule has 0 heterocycles. The van der Waals surface area contributed by atoms with Crippen molar-refractivity contribution < 1.29 is 14.6 Å². The minimum absolute atomic E-state index is 0.0753. The van der Waals surface area contributed by atoms with Gasteiger partial charge in [-0.2, -0.15) is 0 Å². The Hall–Kier alpha value is -0.570. The number of carbonyl (C=O) groups excluding carboxylic acids is 1. The lowest BCUT2D eigenvalue weighted by atomic mass is 9.45. The van der Waals surface area contributed by atoms with Crippen LogP contribution in [0.15, 0.2) is 0 Å². The summed E-state index contributed by atoms with van der Waals surface area (Å²) in [7, 11) is 0. The van der Waals surface area contributed by atoms with Crippen LogP contribution >= 0.6 is 0 Å². The van der Waals surface area contributed by atoms with E-state index in [1.807, 2.05) is 0 Å². The molecular formula is C21H34O3. The van der Waals surface area contributed by atoms with Gasteiger partial charge in [0.05, 0.1) is 6.10 Å². The first kappa shape index (κ1) is 16.9. The molecule has 4 aliphatic carbocycles. The number of ether oxygens (including phenoxy) is 1. The van der Waals surface area contributed by atoms with Crippen molar-refractivity contribution in [1.82, 2.24) is 0 Å². The molecule has 4 saturated carbocycles. The Morgan fingerprint density at radius 2 is 1.67 bits per heavy atom. The summed E-state index contributed by atoms with van der Waals surface area (Å²) >= 11 is 0. The summed E-state index contributed by atoms with van der Waals surface area (Å²) in [5, 5.41) is 10.5. The molecule has 1 N–H and O–H groups in total. The van der Waals surface area contributed by atoms with E-state index in [1.165, 1.54) is 45.4 Å². The Morgan fingerprint density at radius 1 is 0.958 bits per heavy atom. The highest BCUT2D eigenvalue weighted by molar-refractivity contribution is 5.66. The molecule has 0 aromatic heterocycles. The lowest BCUT2D eigenvalue weighted by Gasteiger charge is -2.60. The molecule has 3 heteroatoms. The molecule has 0 amide bonds. The van der Waals surface area contributed by atoms with E-state index in [2.05, 4.69) is 13.8 Å². The van der Waals surface area contributed by atoms with Crippen molar-refractivity contribution >= 4 is 5.97 Å². The molecule has 0 bridgehead atoms. The summed E-state index contributed by atoms with van der Waals surface area (Å²) in [6.07, 6.45) is 10.8. The Kier molecular flexibility index (Phi) is 4.02. The zero-order valence-corrected chi connectivity index (χ0v) is 15.6. The third kappa shape index (κ3) is 2.37. The fraction of sp³-hybridized carbons (Fsp3) is 0.952. The van der Waals surface area contributed by atoms with Crippen LogP contribution in [0.5, 0.6) is 0 Å². The zero-order chi connectivity index (χ0) is 17.1. The van der Waals surface area contributed by atoms with Crippen LogP contribution in [0.2, 0.25) is 0 Å². The van der Waals surface area contributed by atoms with Crippen LogP contribution < -0.4 is 0 Å². The standard InChI is InChI=1S/C21H34O3/c1-13(22)24-15-8-10-20(2)14(12-15)4-5-16-17-6-7-19(23)21(17,3)11-9-18(16)20/h14-19,23H,4-12H2,1-3H3. The maximum absolute atomic E-state index is 11.3. The molecule has 3 nitrogen and oxygen atoms in total. The molecule has 4 fully saturated rings. The molecular weight excluding hydrogens is 300 g/mol. The molecule has 0 spiro atoms. The van der Waals surface area contributed by atoms with E-state index >= 15 is 0 Å². The van der Waals surface area contributed by atoms with Gasteiger partial charge in [-0.05, 0) is 92.3 Å². The number of esters is 1. The Balaban J connectivity index is 1.53. The quantitative estimate of drug-likeness (QED) is 0.726. The zero-order valence-electron chi connectivity index (χ0n) is 15.6. The van der Waals surface area contributed by atoms with Crippen LogP contribution in [-0.4, -0.2) is 23.3 Å². The molecule has 0 saturated heterocycles. The van der Waals surface area contributed by atoms with Gasteiger partial charge in [0.15, 0.2) is 0 Å². The molecule has 4 rings (SSSR count). The number of rotatable bonds is 1. The predicted octanol–water partition coefficient (Wildman–Crippen LogP) is 4.32. The maximum Gasteiger partial charge on any atom is 0.302 e. The fourth-order valence-corrected chi connectivity index (χ4v) is 7.53. The Labute approximate surface area is 146 Å². The van der Waals surface area contributed by atoms with Crippen LogP contribution in [0.25, 0.3) is 0 Å². The van der Waals surface area contributed by atoms with Gasteiger partial charge < -0.3 is 9.84 Å². The van der Waals surface area contributed by atoms with Gasteiger partial charge >= 0.3 is 5.97 Å². The first-order valence-corrected chi connectivity index (χ1v) is 10.2. The summed E-state index contributed by atoms with van der Waals surface area (Å²) in [6.45, 7) is 6.43. The highest BCUT2D eigenvalue weighted by Crippen LogP contribution is 2.66. The molecule has 0 aromatic rings. The monoisotopic (exact) mass is 334 g/mol. The molecule has 136 valence electrons. The molecule has 24 heavy (non-hydrogen) atoms. The number of hydrogen-bond acceptors (Lipinski definition) is 3. The first-order valence-electron chi connectivity index (χ1n) is 10.2. The van der Waals surface area contributed by atoms with Gasteiger partial charge in [-0.15, -0.1) is 0 Å². The first-order chi connectivity index (χ1) is 11.3. The van der Waals surface area contributed by atoms with Crippen LogP contribution in [0, 0.1) is 34.5 Å². The number of aliphatic hydroxyl groups is 1. The summed E-state index contributed by atoms with van der Waals surface area (Å²) in [5.74, 6) is 2.96. The molecule has 0 aromatic carbocycles. The van der Waals surface area contributed by atoms with E-state index in [9.17, 15) is 9.90 Å². The van der Waals surface area contributed by atoms with Crippen LogP contribution in [0.3, 0.4) is 0 Å². The van der Waals surface area contributed by atoms with Crippen molar-refractivity contribution in [3.05, 3.63) is 0 Å². The van der Waals surface area contributed by atoms with Gasteiger partial charge in [0.1, 0.15) is 6.10 Å². The van der Waals surface area contributed by atoms with Crippen molar-refractivity contribution in [1.29, 1.82) is 0 Å². The second-order valence-electron chi connectivity index (χ2n) is 9.80. The average Bonchev–Trinajstić information content (AvgIpc) is 2.83. The van der Waals surface area contributed by atoms with Crippen molar-refractivity contribution in [2.75, 3.05) is 0 Å². The average molecular weight is 335 g/mol. The molecule has 8 unspecified atom stereocenters. The summed E-state index contributed by atoms with van der Waals surface area (Å²) in [5.41, 5.74) is 0.605. The molecule has 0 radical (unpaired) electrons. The van der Waals surface area contributed by atoms with Crippen LogP contribution in [0.1, 0.15) is 78.6 Å². The fourth-order valence-electron chi connectivity index (χ4n) is 7.53. The van der Waals surface area contributed by atoms with Crippen molar-refractivity contribution in [3.63, 3.8) is 0 Å². The summed E-state index contributed by atoms with van der Waals surface area (Å²) in [4.78, 5) is 11.3. The van der Waals surface area contributed by atoms with E-state index in [-0.39, 0.29) is 23.6 Å².